The standard InChI is InChI=1S/C41H28N2S/c1-2-37-33(23-21-28-22-24-40-35(25-28)34-18-10-12-20-39(34)44-40)32-17-9-11-19-38(32)43(37)41-27-31(29-13-5-3-6-14-29)26-36(42-41)30-15-7-4-8-16-30/h2-27H,1H2. The monoisotopic (exact) mass is 580 g/mol. The molecule has 0 atom stereocenters. The molecule has 8 rings (SSSR count). The molecular weight excluding hydrogens is 553 g/mol. The van der Waals surface area contributed by atoms with Crippen LogP contribution in [0, 0.1) is 0 Å². The molecule has 0 aliphatic heterocycles. The fraction of sp³-hybridized carbons (Fsp3) is 0. The third-order valence-electron chi connectivity index (χ3n) is 8.21. The van der Waals surface area contributed by atoms with Crippen LogP contribution < -0.4 is 0 Å². The SMILES string of the molecule is C=Cc1c(C=Cc2ccc3sc4ccccc4c3c2)c2ccccc2n1-c1cc(-c2ccccc2)cc(-c2ccccc2)n1. The summed E-state index contributed by atoms with van der Waals surface area (Å²) in [7, 11) is 0. The molecule has 44 heavy (non-hydrogen) atoms. The van der Waals surface area contributed by atoms with Gasteiger partial charge in [0.1, 0.15) is 5.82 Å². The topological polar surface area (TPSA) is 17.8 Å². The van der Waals surface area contributed by atoms with Crippen molar-refractivity contribution >= 4 is 60.6 Å². The van der Waals surface area contributed by atoms with E-state index >= 15 is 0 Å². The molecule has 0 N–H and O–H groups in total. The molecule has 8 aromatic rings. The highest BCUT2D eigenvalue weighted by Gasteiger charge is 2.17. The van der Waals surface area contributed by atoms with E-state index in [-0.39, 0.29) is 0 Å². The van der Waals surface area contributed by atoms with Gasteiger partial charge in [-0.1, -0.05) is 122 Å². The Morgan fingerprint density at radius 1 is 0.568 bits per heavy atom. The second-order valence-electron chi connectivity index (χ2n) is 10.9. The van der Waals surface area contributed by atoms with Crippen LogP contribution in [0.3, 0.4) is 0 Å². The fourth-order valence-electron chi connectivity index (χ4n) is 6.12. The van der Waals surface area contributed by atoms with Crippen LogP contribution in [-0.4, -0.2) is 9.55 Å². The molecule has 0 spiro atoms. The van der Waals surface area contributed by atoms with E-state index in [2.05, 4.69) is 157 Å². The summed E-state index contributed by atoms with van der Waals surface area (Å²) in [6.45, 7) is 4.28. The lowest BCUT2D eigenvalue weighted by Crippen LogP contribution is -2.02. The molecule has 0 amide bonds. The normalized spacial score (nSPS) is 11.6. The van der Waals surface area contributed by atoms with Gasteiger partial charge in [-0.3, -0.25) is 4.57 Å². The lowest BCUT2D eigenvalue weighted by molar-refractivity contribution is 1.03. The van der Waals surface area contributed by atoms with Gasteiger partial charge in [0.15, 0.2) is 0 Å². The van der Waals surface area contributed by atoms with Gasteiger partial charge in [-0.15, -0.1) is 11.3 Å². The molecule has 0 aliphatic carbocycles. The maximum absolute atomic E-state index is 5.24. The van der Waals surface area contributed by atoms with Gasteiger partial charge >= 0.3 is 0 Å². The maximum Gasteiger partial charge on any atom is 0.138 e. The van der Waals surface area contributed by atoms with Gasteiger partial charge < -0.3 is 0 Å². The lowest BCUT2D eigenvalue weighted by Gasteiger charge is -2.13. The highest BCUT2D eigenvalue weighted by Crippen LogP contribution is 2.36. The average molecular weight is 581 g/mol. The molecule has 5 aromatic carbocycles. The van der Waals surface area contributed by atoms with Crippen molar-refractivity contribution in [3.8, 4) is 28.2 Å². The first-order chi connectivity index (χ1) is 21.8. The van der Waals surface area contributed by atoms with Crippen LogP contribution in [0.15, 0.2) is 146 Å². The van der Waals surface area contributed by atoms with Crippen molar-refractivity contribution in [3.05, 3.63) is 163 Å². The smallest absolute Gasteiger partial charge is 0.138 e. The van der Waals surface area contributed by atoms with Crippen LogP contribution in [0.2, 0.25) is 0 Å². The van der Waals surface area contributed by atoms with Crippen LogP contribution in [0.25, 0.3) is 77.5 Å². The third kappa shape index (κ3) is 4.55. The van der Waals surface area contributed by atoms with Crippen LogP contribution >= 0.6 is 11.3 Å². The number of benzene rings is 5. The Bertz CT molecular complexity index is 2280. The summed E-state index contributed by atoms with van der Waals surface area (Å²) in [6, 6.07) is 49.2. The fourth-order valence-corrected chi connectivity index (χ4v) is 7.21. The van der Waals surface area contributed by atoms with Crippen molar-refractivity contribution in [2.24, 2.45) is 0 Å². The van der Waals surface area contributed by atoms with E-state index in [1.54, 1.807) is 0 Å². The van der Waals surface area contributed by atoms with E-state index in [4.69, 9.17) is 4.98 Å². The van der Waals surface area contributed by atoms with E-state index in [0.717, 1.165) is 50.4 Å². The third-order valence-corrected chi connectivity index (χ3v) is 9.36. The summed E-state index contributed by atoms with van der Waals surface area (Å²) >= 11 is 1.85. The van der Waals surface area contributed by atoms with Gasteiger partial charge in [0, 0.05) is 36.7 Å². The Morgan fingerprint density at radius 2 is 1.25 bits per heavy atom. The number of hydrogen-bond donors (Lipinski definition) is 0. The van der Waals surface area contributed by atoms with Crippen molar-refractivity contribution in [2.45, 2.75) is 0 Å². The second kappa shape index (κ2) is 11.0. The van der Waals surface area contributed by atoms with Crippen LogP contribution in [0.5, 0.6) is 0 Å². The van der Waals surface area contributed by atoms with Gasteiger partial charge in [0.05, 0.1) is 16.9 Å². The second-order valence-corrected chi connectivity index (χ2v) is 12.0. The van der Waals surface area contributed by atoms with E-state index in [0.29, 0.717) is 0 Å². The zero-order chi connectivity index (χ0) is 29.5. The molecular formula is C41H28N2S. The Kier molecular flexibility index (Phi) is 6.51. The molecule has 3 heteroatoms. The Morgan fingerprint density at radius 3 is 2.05 bits per heavy atom. The highest BCUT2D eigenvalue weighted by atomic mass is 32.1. The van der Waals surface area contributed by atoms with Crippen molar-refractivity contribution < 1.29 is 0 Å². The van der Waals surface area contributed by atoms with Gasteiger partial charge in [0.2, 0.25) is 0 Å². The molecule has 0 saturated carbocycles. The van der Waals surface area contributed by atoms with Crippen molar-refractivity contribution in [1.82, 2.24) is 9.55 Å². The summed E-state index contributed by atoms with van der Waals surface area (Å²) in [4.78, 5) is 5.24. The van der Waals surface area contributed by atoms with Gasteiger partial charge in [-0.05, 0) is 59.2 Å². The molecule has 0 unspecified atom stereocenters. The lowest BCUT2D eigenvalue weighted by atomic mass is 10.0. The zero-order valence-electron chi connectivity index (χ0n) is 24.0. The zero-order valence-corrected chi connectivity index (χ0v) is 24.8. The molecule has 0 saturated heterocycles. The predicted octanol–water partition coefficient (Wildman–Crippen LogP) is 11.5. The number of nitrogens with zero attached hydrogens (tertiary/aromatic N) is 2. The number of fused-ring (bicyclic) bond motifs is 4. The first-order valence-corrected chi connectivity index (χ1v) is 15.6. The van der Waals surface area contributed by atoms with Gasteiger partial charge in [-0.25, -0.2) is 4.98 Å². The van der Waals surface area contributed by atoms with Gasteiger partial charge in [0.25, 0.3) is 0 Å². The Labute approximate surface area is 260 Å². The number of thiophene rings is 1. The first kappa shape index (κ1) is 26.1. The highest BCUT2D eigenvalue weighted by molar-refractivity contribution is 7.25. The molecule has 0 aliphatic rings. The molecule has 2 nitrogen and oxygen atoms in total. The van der Waals surface area contributed by atoms with Crippen molar-refractivity contribution in [2.75, 3.05) is 0 Å². The minimum atomic E-state index is 0.863. The van der Waals surface area contributed by atoms with E-state index in [9.17, 15) is 0 Å². The molecule has 0 fully saturated rings. The van der Waals surface area contributed by atoms with Crippen LogP contribution in [0.1, 0.15) is 16.8 Å². The van der Waals surface area contributed by atoms with Crippen molar-refractivity contribution in [3.63, 3.8) is 0 Å². The summed E-state index contributed by atoms with van der Waals surface area (Å²) in [6.07, 6.45) is 6.40. The number of aromatic nitrogens is 2. The summed E-state index contributed by atoms with van der Waals surface area (Å²) < 4.78 is 4.88. The summed E-state index contributed by atoms with van der Waals surface area (Å²) in [5, 5.41) is 3.77. The largest absolute Gasteiger partial charge is 0.294 e. The number of hydrogen-bond acceptors (Lipinski definition) is 2. The van der Waals surface area contributed by atoms with E-state index in [1.807, 2.05) is 23.5 Å². The molecule has 0 radical (unpaired) electrons. The average Bonchev–Trinajstić information content (AvgIpc) is 3.63. The first-order valence-electron chi connectivity index (χ1n) is 14.8. The van der Waals surface area contributed by atoms with Crippen LogP contribution in [-0.2, 0) is 0 Å². The van der Waals surface area contributed by atoms with Crippen molar-refractivity contribution in [1.29, 1.82) is 0 Å². The summed E-state index contributed by atoms with van der Waals surface area (Å²) in [5.41, 5.74) is 8.70. The Balaban J connectivity index is 1.31. The predicted molar refractivity (Wildman–Crippen MR) is 190 cm³/mol. The minimum absolute atomic E-state index is 0.863. The minimum Gasteiger partial charge on any atom is -0.294 e. The quantitative estimate of drug-likeness (QED) is 0.191. The number of para-hydroxylation sites is 1. The van der Waals surface area contributed by atoms with E-state index < -0.39 is 0 Å². The Hall–Kier alpha value is -5.51. The number of pyridine rings is 1. The van der Waals surface area contributed by atoms with E-state index in [1.165, 1.54) is 25.7 Å². The molecule has 0 bridgehead atoms. The van der Waals surface area contributed by atoms with Gasteiger partial charge in [-0.2, -0.15) is 0 Å². The number of rotatable bonds is 6. The molecule has 3 heterocycles. The summed E-state index contributed by atoms with van der Waals surface area (Å²) in [5.74, 6) is 0.863. The van der Waals surface area contributed by atoms with Crippen LogP contribution in [0.4, 0.5) is 0 Å². The molecule has 208 valence electrons. The molecule has 3 aromatic heterocycles. The maximum atomic E-state index is 5.24.